The first kappa shape index (κ1) is 14.7. The van der Waals surface area contributed by atoms with Gasteiger partial charge in [0.25, 0.3) is 0 Å². The molecule has 3 nitrogen and oxygen atoms in total. The number of carbonyl (C=O) groups excluding carboxylic acids is 1. The van der Waals surface area contributed by atoms with Gasteiger partial charge >= 0.3 is 0 Å². The molecule has 0 aliphatic carbocycles. The van der Waals surface area contributed by atoms with E-state index in [0.717, 1.165) is 23.5 Å². The minimum absolute atomic E-state index is 0.0416. The number of aryl methyl sites for hydroxylation is 2. The molecule has 0 unspecified atom stereocenters. The maximum atomic E-state index is 11.7. The first-order chi connectivity index (χ1) is 9.63. The van der Waals surface area contributed by atoms with E-state index in [1.165, 1.54) is 5.56 Å². The van der Waals surface area contributed by atoms with Crippen molar-refractivity contribution in [3.8, 4) is 0 Å². The van der Waals surface area contributed by atoms with E-state index in [-0.39, 0.29) is 11.9 Å². The number of hydrogen-bond acceptors (Lipinski definition) is 3. The smallest absolute Gasteiger partial charge is 0.226 e. The summed E-state index contributed by atoms with van der Waals surface area (Å²) in [5.74, 6) is 0.0416. The van der Waals surface area contributed by atoms with Gasteiger partial charge in [0, 0.05) is 17.8 Å². The molecule has 0 atom stereocenters. The summed E-state index contributed by atoms with van der Waals surface area (Å²) >= 11 is 1.64. The molecule has 1 heterocycles. The molecule has 0 spiro atoms. The van der Waals surface area contributed by atoms with Crippen LogP contribution in [-0.2, 0) is 24.1 Å². The Kier molecular flexibility index (Phi) is 5.30. The summed E-state index contributed by atoms with van der Waals surface area (Å²) in [6.45, 7) is 3.93. The number of nitrogens with zero attached hydrogens (tertiary/aromatic N) is 1. The Balaban J connectivity index is 1.84. The number of benzene rings is 1. The molecular formula is C16H20N2OS. The van der Waals surface area contributed by atoms with Gasteiger partial charge in [0.15, 0.2) is 0 Å². The highest BCUT2D eigenvalue weighted by atomic mass is 32.1. The third kappa shape index (κ3) is 4.78. The highest BCUT2D eigenvalue weighted by Gasteiger charge is 2.08. The van der Waals surface area contributed by atoms with Gasteiger partial charge in [0.05, 0.1) is 17.1 Å². The minimum atomic E-state index is 0.0416. The second-order valence-corrected chi connectivity index (χ2v) is 6.06. The van der Waals surface area contributed by atoms with Crippen LogP contribution in [0.4, 0.5) is 0 Å². The third-order valence-electron chi connectivity index (χ3n) is 2.86. The Morgan fingerprint density at radius 2 is 2.00 bits per heavy atom. The molecule has 0 aliphatic heterocycles. The van der Waals surface area contributed by atoms with Crippen molar-refractivity contribution in [2.75, 3.05) is 0 Å². The number of nitrogens with one attached hydrogen (secondary N) is 1. The lowest BCUT2D eigenvalue weighted by Gasteiger charge is -2.06. The zero-order valence-electron chi connectivity index (χ0n) is 11.9. The molecule has 4 heteroatoms. The molecule has 1 N–H and O–H groups in total. The number of thiazole rings is 1. The van der Waals surface area contributed by atoms with Gasteiger partial charge in [-0.05, 0) is 25.8 Å². The van der Waals surface area contributed by atoms with Crippen molar-refractivity contribution in [2.24, 2.45) is 0 Å². The fraction of sp³-hybridized carbons (Fsp3) is 0.375. The van der Waals surface area contributed by atoms with Crippen LogP contribution in [0.2, 0.25) is 0 Å². The quantitative estimate of drug-likeness (QED) is 0.888. The molecule has 0 fully saturated rings. The standard InChI is InChI=1S/C16H20N2OS/c1-12(2)17-15(19)10-14-11-20-16(18-14)9-8-13-6-4-3-5-7-13/h3-7,11-12H,8-10H2,1-2H3,(H,17,19). The van der Waals surface area contributed by atoms with Crippen LogP contribution in [0, 0.1) is 0 Å². The topological polar surface area (TPSA) is 42.0 Å². The fourth-order valence-electron chi connectivity index (χ4n) is 1.98. The SMILES string of the molecule is CC(C)NC(=O)Cc1csc(CCc2ccccc2)n1. The van der Waals surface area contributed by atoms with E-state index in [0.29, 0.717) is 6.42 Å². The molecule has 1 aromatic carbocycles. The van der Waals surface area contributed by atoms with E-state index in [1.54, 1.807) is 11.3 Å². The molecule has 2 rings (SSSR count). The zero-order valence-corrected chi connectivity index (χ0v) is 12.7. The van der Waals surface area contributed by atoms with Crippen LogP contribution in [0.3, 0.4) is 0 Å². The second kappa shape index (κ2) is 7.20. The van der Waals surface area contributed by atoms with Crippen LogP contribution >= 0.6 is 11.3 Å². The monoisotopic (exact) mass is 288 g/mol. The molecule has 0 saturated heterocycles. The normalized spacial score (nSPS) is 10.8. The zero-order chi connectivity index (χ0) is 14.4. The first-order valence-electron chi connectivity index (χ1n) is 6.90. The maximum Gasteiger partial charge on any atom is 0.226 e. The van der Waals surface area contributed by atoms with Crippen LogP contribution in [0.5, 0.6) is 0 Å². The lowest BCUT2D eigenvalue weighted by molar-refractivity contribution is -0.120. The Morgan fingerprint density at radius 1 is 1.25 bits per heavy atom. The highest BCUT2D eigenvalue weighted by molar-refractivity contribution is 7.09. The van der Waals surface area contributed by atoms with Crippen LogP contribution in [0.15, 0.2) is 35.7 Å². The van der Waals surface area contributed by atoms with Gasteiger partial charge in [-0.15, -0.1) is 11.3 Å². The number of aromatic nitrogens is 1. The van der Waals surface area contributed by atoms with Crippen molar-refractivity contribution in [3.05, 3.63) is 52.0 Å². The van der Waals surface area contributed by atoms with Crippen LogP contribution in [0.1, 0.15) is 30.1 Å². The van der Waals surface area contributed by atoms with Crippen LogP contribution < -0.4 is 5.32 Å². The van der Waals surface area contributed by atoms with Gasteiger partial charge < -0.3 is 5.32 Å². The van der Waals surface area contributed by atoms with Crippen molar-refractivity contribution in [3.63, 3.8) is 0 Å². The van der Waals surface area contributed by atoms with Crippen molar-refractivity contribution in [1.29, 1.82) is 0 Å². The van der Waals surface area contributed by atoms with Crippen LogP contribution in [0.25, 0.3) is 0 Å². The van der Waals surface area contributed by atoms with E-state index in [1.807, 2.05) is 25.3 Å². The molecule has 106 valence electrons. The predicted octanol–water partition coefficient (Wildman–Crippen LogP) is 3.00. The van der Waals surface area contributed by atoms with Gasteiger partial charge in [-0.3, -0.25) is 4.79 Å². The molecule has 0 radical (unpaired) electrons. The van der Waals surface area contributed by atoms with Crippen molar-refractivity contribution >= 4 is 17.2 Å². The highest BCUT2D eigenvalue weighted by Crippen LogP contribution is 2.13. The molecular weight excluding hydrogens is 268 g/mol. The Labute approximate surface area is 124 Å². The Bertz CT molecular complexity index is 549. The van der Waals surface area contributed by atoms with Crippen molar-refractivity contribution in [2.45, 2.75) is 39.2 Å². The van der Waals surface area contributed by atoms with E-state index in [9.17, 15) is 4.79 Å². The lowest BCUT2D eigenvalue weighted by Crippen LogP contribution is -2.31. The Hall–Kier alpha value is -1.68. The second-order valence-electron chi connectivity index (χ2n) is 5.12. The summed E-state index contributed by atoms with van der Waals surface area (Å²) in [7, 11) is 0. The summed E-state index contributed by atoms with van der Waals surface area (Å²) in [6, 6.07) is 10.6. The summed E-state index contributed by atoms with van der Waals surface area (Å²) in [4.78, 5) is 16.2. The maximum absolute atomic E-state index is 11.7. The van der Waals surface area contributed by atoms with Gasteiger partial charge in [-0.1, -0.05) is 30.3 Å². The van der Waals surface area contributed by atoms with E-state index in [4.69, 9.17) is 0 Å². The van der Waals surface area contributed by atoms with Gasteiger partial charge in [0.2, 0.25) is 5.91 Å². The third-order valence-corrected chi connectivity index (χ3v) is 3.82. The van der Waals surface area contributed by atoms with Gasteiger partial charge in [-0.25, -0.2) is 4.98 Å². The summed E-state index contributed by atoms with van der Waals surface area (Å²) in [5, 5.41) is 5.97. The summed E-state index contributed by atoms with van der Waals surface area (Å²) < 4.78 is 0. The fourth-order valence-corrected chi connectivity index (χ4v) is 2.78. The lowest BCUT2D eigenvalue weighted by atomic mass is 10.1. The molecule has 1 aromatic heterocycles. The Morgan fingerprint density at radius 3 is 2.70 bits per heavy atom. The largest absolute Gasteiger partial charge is 0.354 e. The molecule has 0 bridgehead atoms. The average molecular weight is 288 g/mol. The van der Waals surface area contributed by atoms with Gasteiger partial charge in [0.1, 0.15) is 0 Å². The van der Waals surface area contributed by atoms with Crippen molar-refractivity contribution in [1.82, 2.24) is 10.3 Å². The van der Waals surface area contributed by atoms with E-state index < -0.39 is 0 Å². The molecule has 20 heavy (non-hydrogen) atoms. The minimum Gasteiger partial charge on any atom is -0.354 e. The number of hydrogen-bond donors (Lipinski definition) is 1. The van der Waals surface area contributed by atoms with Crippen molar-refractivity contribution < 1.29 is 4.79 Å². The molecule has 1 amide bonds. The number of rotatable bonds is 6. The number of amides is 1. The summed E-state index contributed by atoms with van der Waals surface area (Å²) in [6.07, 6.45) is 2.30. The molecule has 0 aliphatic rings. The van der Waals surface area contributed by atoms with Crippen LogP contribution in [-0.4, -0.2) is 16.9 Å². The van der Waals surface area contributed by atoms with Gasteiger partial charge in [-0.2, -0.15) is 0 Å². The molecule has 2 aromatic rings. The first-order valence-corrected chi connectivity index (χ1v) is 7.78. The van der Waals surface area contributed by atoms with E-state index >= 15 is 0 Å². The average Bonchev–Trinajstić information content (AvgIpc) is 2.84. The number of carbonyl (C=O) groups is 1. The van der Waals surface area contributed by atoms with E-state index in [2.05, 4.69) is 34.6 Å². The molecule has 0 saturated carbocycles. The predicted molar refractivity (Wildman–Crippen MR) is 82.9 cm³/mol. The summed E-state index contributed by atoms with van der Waals surface area (Å²) in [5.41, 5.74) is 2.19.